The molecule has 1 aliphatic rings. The lowest BCUT2D eigenvalue weighted by atomic mass is 9.80. The van der Waals surface area contributed by atoms with Gasteiger partial charge in [-0.25, -0.2) is 0 Å². The molecule has 0 spiro atoms. The van der Waals surface area contributed by atoms with Gasteiger partial charge in [-0.3, -0.25) is 4.79 Å². The van der Waals surface area contributed by atoms with E-state index in [9.17, 15) is 4.79 Å². The molecule has 0 radical (unpaired) electrons. The predicted molar refractivity (Wildman–Crippen MR) is 75.5 cm³/mol. The van der Waals surface area contributed by atoms with Crippen molar-refractivity contribution in [1.82, 2.24) is 0 Å². The van der Waals surface area contributed by atoms with Crippen LogP contribution in [-0.2, 0) is 4.79 Å². The van der Waals surface area contributed by atoms with Crippen LogP contribution in [0.5, 0.6) is 0 Å². The Morgan fingerprint density at radius 1 is 1.17 bits per heavy atom. The van der Waals surface area contributed by atoms with Gasteiger partial charge in [0.25, 0.3) is 0 Å². The summed E-state index contributed by atoms with van der Waals surface area (Å²) >= 11 is 0. The van der Waals surface area contributed by atoms with Gasteiger partial charge < -0.3 is 5.32 Å². The van der Waals surface area contributed by atoms with Crippen molar-refractivity contribution >= 4 is 11.6 Å². The second-order valence-electron chi connectivity index (χ2n) is 5.54. The standard InChI is InChI=1S/C16H23NO/c1-12-8-10-15(11-9-12)17-16(18)13(2)14-6-4-3-5-7-14/h8-11,13-14H,3-7H2,1-2H3,(H,17,18). The molecular weight excluding hydrogens is 222 g/mol. The largest absolute Gasteiger partial charge is 0.326 e. The van der Waals surface area contributed by atoms with Crippen LogP contribution in [0.1, 0.15) is 44.6 Å². The van der Waals surface area contributed by atoms with Crippen molar-refractivity contribution in [3.8, 4) is 0 Å². The Bertz CT molecular complexity index is 390. The maximum atomic E-state index is 12.2. The molecule has 0 heterocycles. The average Bonchev–Trinajstić information content (AvgIpc) is 2.41. The number of benzene rings is 1. The quantitative estimate of drug-likeness (QED) is 0.851. The van der Waals surface area contributed by atoms with E-state index >= 15 is 0 Å². The molecule has 1 N–H and O–H groups in total. The van der Waals surface area contributed by atoms with Gasteiger partial charge in [0.1, 0.15) is 0 Å². The highest BCUT2D eigenvalue weighted by molar-refractivity contribution is 5.92. The van der Waals surface area contributed by atoms with Crippen molar-refractivity contribution in [3.05, 3.63) is 29.8 Å². The number of hydrogen-bond acceptors (Lipinski definition) is 1. The van der Waals surface area contributed by atoms with Crippen LogP contribution in [0.2, 0.25) is 0 Å². The molecule has 2 nitrogen and oxygen atoms in total. The van der Waals surface area contributed by atoms with Crippen molar-refractivity contribution < 1.29 is 4.79 Å². The second-order valence-corrected chi connectivity index (χ2v) is 5.54. The van der Waals surface area contributed by atoms with Crippen LogP contribution < -0.4 is 5.32 Å². The van der Waals surface area contributed by atoms with E-state index in [-0.39, 0.29) is 11.8 Å². The van der Waals surface area contributed by atoms with Gasteiger partial charge in [0.2, 0.25) is 5.91 Å². The topological polar surface area (TPSA) is 29.1 Å². The summed E-state index contributed by atoms with van der Waals surface area (Å²) in [4.78, 5) is 12.2. The number of carbonyl (C=O) groups excluding carboxylic acids is 1. The highest BCUT2D eigenvalue weighted by atomic mass is 16.1. The van der Waals surface area contributed by atoms with Crippen LogP contribution >= 0.6 is 0 Å². The van der Waals surface area contributed by atoms with Crippen molar-refractivity contribution in [3.63, 3.8) is 0 Å². The first-order valence-corrected chi connectivity index (χ1v) is 7.04. The summed E-state index contributed by atoms with van der Waals surface area (Å²) in [6.45, 7) is 4.12. The third-order valence-corrected chi connectivity index (χ3v) is 4.09. The van der Waals surface area contributed by atoms with Crippen LogP contribution in [0.15, 0.2) is 24.3 Å². The molecule has 18 heavy (non-hydrogen) atoms. The van der Waals surface area contributed by atoms with Gasteiger partial charge >= 0.3 is 0 Å². The molecule has 1 atom stereocenters. The Balaban J connectivity index is 1.92. The molecule has 2 rings (SSSR count). The minimum atomic E-state index is 0.131. The van der Waals surface area contributed by atoms with Crippen LogP contribution in [-0.4, -0.2) is 5.91 Å². The van der Waals surface area contributed by atoms with Gasteiger partial charge in [0.05, 0.1) is 0 Å². The van der Waals surface area contributed by atoms with Gasteiger partial charge in [0, 0.05) is 11.6 Å². The Kier molecular flexibility index (Phi) is 4.40. The lowest BCUT2D eigenvalue weighted by Crippen LogP contribution is -2.28. The molecule has 1 fully saturated rings. The molecule has 1 aromatic rings. The highest BCUT2D eigenvalue weighted by Gasteiger charge is 2.25. The SMILES string of the molecule is Cc1ccc(NC(=O)C(C)C2CCCCC2)cc1. The van der Waals surface area contributed by atoms with E-state index < -0.39 is 0 Å². The third kappa shape index (κ3) is 3.34. The molecule has 1 saturated carbocycles. The van der Waals surface area contributed by atoms with E-state index in [0.29, 0.717) is 5.92 Å². The molecule has 98 valence electrons. The van der Waals surface area contributed by atoms with Gasteiger partial charge in [0.15, 0.2) is 0 Å². The van der Waals surface area contributed by atoms with Crippen LogP contribution in [0.25, 0.3) is 0 Å². The zero-order valence-electron chi connectivity index (χ0n) is 11.4. The Morgan fingerprint density at radius 3 is 2.39 bits per heavy atom. The number of amides is 1. The first kappa shape index (κ1) is 13.1. The van der Waals surface area contributed by atoms with Crippen molar-refractivity contribution in [2.24, 2.45) is 11.8 Å². The van der Waals surface area contributed by atoms with E-state index in [2.05, 4.69) is 19.2 Å². The molecule has 1 aromatic carbocycles. The maximum Gasteiger partial charge on any atom is 0.227 e. The lowest BCUT2D eigenvalue weighted by Gasteiger charge is -2.26. The van der Waals surface area contributed by atoms with E-state index in [4.69, 9.17) is 0 Å². The Hall–Kier alpha value is -1.31. The summed E-state index contributed by atoms with van der Waals surface area (Å²) in [6.07, 6.45) is 6.33. The third-order valence-electron chi connectivity index (χ3n) is 4.09. The number of nitrogens with one attached hydrogen (secondary N) is 1. The van der Waals surface area contributed by atoms with E-state index in [1.807, 2.05) is 24.3 Å². The van der Waals surface area contributed by atoms with Crippen LogP contribution in [0, 0.1) is 18.8 Å². The number of anilines is 1. The van der Waals surface area contributed by atoms with E-state index in [1.54, 1.807) is 0 Å². The molecule has 0 bridgehead atoms. The Morgan fingerprint density at radius 2 is 1.78 bits per heavy atom. The minimum Gasteiger partial charge on any atom is -0.326 e. The van der Waals surface area contributed by atoms with Crippen molar-refractivity contribution in [2.45, 2.75) is 46.0 Å². The fraction of sp³-hybridized carbons (Fsp3) is 0.562. The monoisotopic (exact) mass is 245 g/mol. The number of carbonyl (C=O) groups is 1. The lowest BCUT2D eigenvalue weighted by molar-refractivity contribution is -0.121. The van der Waals surface area contributed by atoms with Gasteiger partial charge in [-0.2, -0.15) is 0 Å². The molecular formula is C16H23NO. The summed E-state index contributed by atoms with van der Waals surface area (Å²) in [5.74, 6) is 0.876. The van der Waals surface area contributed by atoms with E-state index in [0.717, 1.165) is 5.69 Å². The fourth-order valence-electron chi connectivity index (χ4n) is 2.74. The van der Waals surface area contributed by atoms with Gasteiger partial charge in [-0.15, -0.1) is 0 Å². The van der Waals surface area contributed by atoms with Crippen molar-refractivity contribution in [2.75, 3.05) is 5.32 Å². The summed E-state index contributed by atoms with van der Waals surface area (Å²) < 4.78 is 0. The second kappa shape index (κ2) is 6.03. The summed E-state index contributed by atoms with van der Waals surface area (Å²) in [5, 5.41) is 3.03. The minimum absolute atomic E-state index is 0.131. The number of hydrogen-bond donors (Lipinski definition) is 1. The van der Waals surface area contributed by atoms with Gasteiger partial charge in [-0.05, 0) is 37.8 Å². The van der Waals surface area contributed by atoms with Crippen LogP contribution in [0.3, 0.4) is 0 Å². The Labute approximate surface area is 110 Å². The molecule has 1 amide bonds. The zero-order chi connectivity index (χ0) is 13.0. The first-order valence-electron chi connectivity index (χ1n) is 7.04. The highest BCUT2D eigenvalue weighted by Crippen LogP contribution is 2.30. The summed E-state index contributed by atoms with van der Waals surface area (Å²) in [7, 11) is 0. The predicted octanol–water partition coefficient (Wildman–Crippen LogP) is 4.15. The molecule has 0 aliphatic heterocycles. The summed E-state index contributed by atoms with van der Waals surface area (Å²) in [5.41, 5.74) is 2.13. The van der Waals surface area contributed by atoms with E-state index in [1.165, 1.54) is 37.7 Å². The average molecular weight is 245 g/mol. The number of aryl methyl sites for hydroxylation is 1. The fourth-order valence-corrected chi connectivity index (χ4v) is 2.74. The first-order chi connectivity index (χ1) is 8.66. The maximum absolute atomic E-state index is 12.2. The normalized spacial score (nSPS) is 18.3. The van der Waals surface area contributed by atoms with Crippen LogP contribution in [0.4, 0.5) is 5.69 Å². The van der Waals surface area contributed by atoms with Crippen molar-refractivity contribution in [1.29, 1.82) is 0 Å². The summed E-state index contributed by atoms with van der Waals surface area (Å²) in [6, 6.07) is 8.00. The molecule has 1 aliphatic carbocycles. The molecule has 0 aromatic heterocycles. The molecule has 2 heteroatoms. The van der Waals surface area contributed by atoms with Gasteiger partial charge in [-0.1, -0.05) is 43.9 Å². The molecule has 0 saturated heterocycles. The zero-order valence-corrected chi connectivity index (χ0v) is 11.4. The smallest absolute Gasteiger partial charge is 0.227 e. The molecule has 1 unspecified atom stereocenters. The number of rotatable bonds is 3.